The maximum atomic E-state index is 12.6. The zero-order chi connectivity index (χ0) is 21.5. The Morgan fingerprint density at radius 3 is 2.33 bits per heavy atom. The molecule has 30 heavy (non-hydrogen) atoms. The van der Waals surface area contributed by atoms with E-state index in [4.69, 9.17) is 14.7 Å². The average Bonchev–Trinajstić information content (AvgIpc) is 2.82. The SMILES string of the molecule is COc1ccc(CNC(=O)C2CCN(C(=O)c3ccc(C#N)cc3)CC2)cc1OC. The molecule has 3 rings (SSSR count). The Hall–Kier alpha value is -3.53. The molecule has 2 amide bonds. The summed E-state index contributed by atoms with van der Waals surface area (Å²) in [4.78, 5) is 26.9. The standard InChI is InChI=1S/C23H25N3O4/c1-29-20-8-5-17(13-21(20)30-2)15-25-22(27)18-9-11-26(12-10-18)23(28)19-6-3-16(14-24)4-7-19/h3-8,13,18H,9-12,15H2,1-2H3,(H,25,27). The summed E-state index contributed by atoms with van der Waals surface area (Å²) < 4.78 is 10.5. The molecular weight excluding hydrogens is 382 g/mol. The van der Waals surface area contributed by atoms with Gasteiger partial charge in [-0.15, -0.1) is 0 Å². The molecule has 0 unspecified atom stereocenters. The fourth-order valence-corrected chi connectivity index (χ4v) is 3.54. The number of amides is 2. The van der Waals surface area contributed by atoms with Crippen LogP contribution in [0.1, 0.15) is 34.3 Å². The molecule has 0 aliphatic carbocycles. The molecule has 1 aliphatic rings. The van der Waals surface area contributed by atoms with Gasteiger partial charge in [-0.3, -0.25) is 9.59 Å². The van der Waals surface area contributed by atoms with Gasteiger partial charge in [0.2, 0.25) is 5.91 Å². The van der Waals surface area contributed by atoms with Crippen LogP contribution in [-0.4, -0.2) is 44.0 Å². The highest BCUT2D eigenvalue weighted by Crippen LogP contribution is 2.27. The molecule has 1 heterocycles. The third-order valence-corrected chi connectivity index (χ3v) is 5.33. The first-order valence-electron chi connectivity index (χ1n) is 9.83. The molecule has 0 aromatic heterocycles. The first kappa shape index (κ1) is 21.2. The number of piperidine rings is 1. The number of rotatable bonds is 6. The second-order valence-corrected chi connectivity index (χ2v) is 7.16. The number of likely N-dealkylation sites (tertiary alicyclic amines) is 1. The van der Waals surface area contributed by atoms with E-state index in [9.17, 15) is 9.59 Å². The summed E-state index contributed by atoms with van der Waals surface area (Å²) >= 11 is 0. The van der Waals surface area contributed by atoms with Gasteiger partial charge in [0.25, 0.3) is 5.91 Å². The summed E-state index contributed by atoms with van der Waals surface area (Å²) in [6.07, 6.45) is 1.25. The predicted molar refractivity (Wildman–Crippen MR) is 111 cm³/mol. The maximum absolute atomic E-state index is 12.6. The van der Waals surface area contributed by atoms with Gasteiger partial charge in [-0.05, 0) is 54.8 Å². The van der Waals surface area contributed by atoms with E-state index in [0.29, 0.717) is 55.1 Å². The molecule has 7 nitrogen and oxygen atoms in total. The molecule has 0 saturated carbocycles. The summed E-state index contributed by atoms with van der Waals surface area (Å²) in [6.45, 7) is 1.48. The molecule has 0 radical (unpaired) electrons. The number of nitrogens with one attached hydrogen (secondary N) is 1. The zero-order valence-electron chi connectivity index (χ0n) is 17.2. The number of methoxy groups -OCH3 is 2. The predicted octanol–water partition coefficient (Wildman–Crippen LogP) is 2.74. The lowest BCUT2D eigenvalue weighted by molar-refractivity contribution is -0.126. The molecule has 156 valence electrons. The number of carbonyl (C=O) groups excluding carboxylic acids is 2. The van der Waals surface area contributed by atoms with Crippen LogP contribution >= 0.6 is 0 Å². The Bertz CT molecular complexity index is 942. The van der Waals surface area contributed by atoms with E-state index >= 15 is 0 Å². The molecule has 7 heteroatoms. The van der Waals surface area contributed by atoms with Crippen molar-refractivity contribution in [1.82, 2.24) is 10.2 Å². The van der Waals surface area contributed by atoms with Gasteiger partial charge < -0.3 is 19.7 Å². The van der Waals surface area contributed by atoms with Gasteiger partial charge in [0, 0.05) is 31.1 Å². The van der Waals surface area contributed by atoms with Gasteiger partial charge in [0.1, 0.15) is 0 Å². The summed E-state index contributed by atoms with van der Waals surface area (Å²) in [5.41, 5.74) is 2.01. The van der Waals surface area contributed by atoms with Crippen LogP contribution in [0.25, 0.3) is 0 Å². The average molecular weight is 407 g/mol. The van der Waals surface area contributed by atoms with E-state index in [-0.39, 0.29) is 17.7 Å². The van der Waals surface area contributed by atoms with Gasteiger partial charge in [-0.1, -0.05) is 6.07 Å². The first-order chi connectivity index (χ1) is 14.5. The smallest absolute Gasteiger partial charge is 0.253 e. The highest BCUT2D eigenvalue weighted by molar-refractivity contribution is 5.94. The van der Waals surface area contributed by atoms with Crippen molar-refractivity contribution < 1.29 is 19.1 Å². The van der Waals surface area contributed by atoms with Crippen molar-refractivity contribution in [3.05, 3.63) is 59.2 Å². The van der Waals surface area contributed by atoms with E-state index < -0.39 is 0 Å². The van der Waals surface area contributed by atoms with Crippen LogP contribution in [0.5, 0.6) is 11.5 Å². The maximum Gasteiger partial charge on any atom is 0.253 e. The third-order valence-electron chi connectivity index (χ3n) is 5.33. The number of hydrogen-bond acceptors (Lipinski definition) is 5. The van der Waals surface area contributed by atoms with Gasteiger partial charge in [0.15, 0.2) is 11.5 Å². The molecule has 0 bridgehead atoms. The second-order valence-electron chi connectivity index (χ2n) is 7.16. The minimum Gasteiger partial charge on any atom is -0.493 e. The van der Waals surface area contributed by atoms with Crippen molar-refractivity contribution >= 4 is 11.8 Å². The van der Waals surface area contributed by atoms with E-state index in [1.807, 2.05) is 24.3 Å². The lowest BCUT2D eigenvalue weighted by Crippen LogP contribution is -2.42. The summed E-state index contributed by atoms with van der Waals surface area (Å²) in [5.74, 6) is 1.08. The highest BCUT2D eigenvalue weighted by Gasteiger charge is 2.27. The zero-order valence-corrected chi connectivity index (χ0v) is 17.2. The molecule has 0 spiro atoms. The Labute approximate surface area is 176 Å². The Morgan fingerprint density at radius 2 is 1.73 bits per heavy atom. The number of hydrogen-bond donors (Lipinski definition) is 1. The highest BCUT2D eigenvalue weighted by atomic mass is 16.5. The molecule has 1 fully saturated rings. The van der Waals surface area contributed by atoms with Gasteiger partial charge >= 0.3 is 0 Å². The topological polar surface area (TPSA) is 91.7 Å². The minimum absolute atomic E-state index is 0.00439. The van der Waals surface area contributed by atoms with Crippen molar-refractivity contribution in [3.8, 4) is 17.6 Å². The van der Waals surface area contributed by atoms with Crippen molar-refractivity contribution in [2.75, 3.05) is 27.3 Å². The van der Waals surface area contributed by atoms with Crippen molar-refractivity contribution in [2.45, 2.75) is 19.4 Å². The van der Waals surface area contributed by atoms with Crippen LogP contribution in [0.3, 0.4) is 0 Å². The van der Waals surface area contributed by atoms with Crippen molar-refractivity contribution in [1.29, 1.82) is 5.26 Å². The second kappa shape index (κ2) is 9.79. The summed E-state index contributed by atoms with van der Waals surface area (Å²) in [7, 11) is 3.16. The fraction of sp³-hybridized carbons (Fsp3) is 0.348. The van der Waals surface area contributed by atoms with E-state index in [1.165, 1.54) is 0 Å². The molecule has 2 aromatic rings. The van der Waals surface area contributed by atoms with E-state index in [2.05, 4.69) is 5.32 Å². The van der Waals surface area contributed by atoms with Crippen LogP contribution in [0, 0.1) is 17.2 Å². The van der Waals surface area contributed by atoms with Gasteiger partial charge in [-0.2, -0.15) is 5.26 Å². The lowest BCUT2D eigenvalue weighted by Gasteiger charge is -2.31. The number of carbonyl (C=O) groups is 2. The molecular formula is C23H25N3O4. The van der Waals surface area contributed by atoms with Crippen molar-refractivity contribution in [2.24, 2.45) is 5.92 Å². The third kappa shape index (κ3) is 4.90. The van der Waals surface area contributed by atoms with Crippen LogP contribution in [0.15, 0.2) is 42.5 Å². The fourth-order valence-electron chi connectivity index (χ4n) is 3.54. The molecule has 0 atom stereocenters. The largest absolute Gasteiger partial charge is 0.493 e. The van der Waals surface area contributed by atoms with Crippen LogP contribution in [-0.2, 0) is 11.3 Å². The molecule has 1 saturated heterocycles. The molecule has 1 N–H and O–H groups in total. The van der Waals surface area contributed by atoms with E-state index in [0.717, 1.165) is 5.56 Å². The summed E-state index contributed by atoms with van der Waals surface area (Å²) in [5, 5.41) is 11.8. The number of benzene rings is 2. The van der Waals surface area contributed by atoms with Crippen LogP contribution in [0.2, 0.25) is 0 Å². The Balaban J connectivity index is 1.50. The van der Waals surface area contributed by atoms with Crippen molar-refractivity contribution in [3.63, 3.8) is 0 Å². The van der Waals surface area contributed by atoms with Gasteiger partial charge in [0.05, 0.1) is 25.9 Å². The first-order valence-corrected chi connectivity index (χ1v) is 9.83. The quantitative estimate of drug-likeness (QED) is 0.795. The Morgan fingerprint density at radius 1 is 1.07 bits per heavy atom. The minimum atomic E-state index is -0.116. The number of nitriles is 1. The van der Waals surface area contributed by atoms with Gasteiger partial charge in [-0.25, -0.2) is 0 Å². The monoisotopic (exact) mass is 407 g/mol. The van der Waals surface area contributed by atoms with Crippen LogP contribution in [0.4, 0.5) is 0 Å². The Kier molecular flexibility index (Phi) is 6.91. The van der Waals surface area contributed by atoms with E-state index in [1.54, 1.807) is 43.4 Å². The lowest BCUT2D eigenvalue weighted by atomic mass is 9.95. The molecule has 2 aromatic carbocycles. The molecule has 1 aliphatic heterocycles. The number of nitrogens with zero attached hydrogens (tertiary/aromatic N) is 2. The van der Waals surface area contributed by atoms with Crippen LogP contribution < -0.4 is 14.8 Å². The summed E-state index contributed by atoms with van der Waals surface area (Å²) in [6, 6.07) is 14.2. The normalized spacial score (nSPS) is 14.0. The number of ether oxygens (including phenoxy) is 2.